The van der Waals surface area contributed by atoms with Gasteiger partial charge in [0.15, 0.2) is 0 Å². The molecule has 5 nitrogen and oxygen atoms in total. The van der Waals surface area contributed by atoms with E-state index in [1.165, 1.54) is 0 Å². The lowest BCUT2D eigenvalue weighted by atomic mass is 10.1. The molecule has 0 bridgehead atoms. The second-order valence-corrected chi connectivity index (χ2v) is 6.56. The molecule has 1 aliphatic rings. The zero-order valence-corrected chi connectivity index (χ0v) is 14.2. The molecule has 2 heterocycles. The Labute approximate surface area is 129 Å². The molecular formula is C14H25BrN4O. The first-order valence-electron chi connectivity index (χ1n) is 7.32. The summed E-state index contributed by atoms with van der Waals surface area (Å²) in [6.07, 6.45) is 3.41. The van der Waals surface area contributed by atoms with Crippen molar-refractivity contribution in [1.82, 2.24) is 19.6 Å². The Kier molecular flexibility index (Phi) is 5.60. The number of aliphatic hydroxyl groups is 1. The number of likely N-dealkylation sites (N-methyl/N-ethyl adjacent to an activating group) is 2. The van der Waals surface area contributed by atoms with Gasteiger partial charge in [-0.2, -0.15) is 5.10 Å². The molecule has 6 heteroatoms. The van der Waals surface area contributed by atoms with Crippen molar-refractivity contribution < 1.29 is 5.11 Å². The number of aryl methyl sites for hydroxylation is 1. The van der Waals surface area contributed by atoms with Crippen molar-refractivity contribution in [3.05, 3.63) is 16.4 Å². The first kappa shape index (κ1) is 15.9. The summed E-state index contributed by atoms with van der Waals surface area (Å²) in [5.74, 6) is 0. The number of halogens is 1. The van der Waals surface area contributed by atoms with Crippen molar-refractivity contribution in [3.8, 4) is 0 Å². The van der Waals surface area contributed by atoms with Crippen molar-refractivity contribution in [1.29, 1.82) is 0 Å². The van der Waals surface area contributed by atoms with Gasteiger partial charge in [0.2, 0.25) is 0 Å². The summed E-state index contributed by atoms with van der Waals surface area (Å²) in [6, 6.07) is 0.103. The fraction of sp³-hybridized carbons (Fsp3) is 0.786. The molecule has 1 aliphatic heterocycles. The first-order valence-corrected chi connectivity index (χ1v) is 8.12. The van der Waals surface area contributed by atoms with Crippen molar-refractivity contribution in [2.75, 3.05) is 33.7 Å². The zero-order valence-electron chi connectivity index (χ0n) is 12.6. The Morgan fingerprint density at radius 3 is 2.90 bits per heavy atom. The monoisotopic (exact) mass is 344 g/mol. The van der Waals surface area contributed by atoms with Crippen molar-refractivity contribution in [3.63, 3.8) is 0 Å². The van der Waals surface area contributed by atoms with Gasteiger partial charge in [0.05, 0.1) is 22.4 Å². The van der Waals surface area contributed by atoms with Gasteiger partial charge in [0, 0.05) is 13.1 Å². The van der Waals surface area contributed by atoms with Crippen LogP contribution in [0.5, 0.6) is 0 Å². The van der Waals surface area contributed by atoms with Crippen molar-refractivity contribution >= 4 is 15.9 Å². The zero-order chi connectivity index (χ0) is 14.7. The third kappa shape index (κ3) is 3.42. The Hall–Kier alpha value is -0.430. The maximum absolute atomic E-state index is 10.9. The third-order valence-corrected chi connectivity index (χ3v) is 4.64. The highest BCUT2D eigenvalue weighted by Gasteiger charge is 2.31. The van der Waals surface area contributed by atoms with Crippen LogP contribution in [0, 0.1) is 0 Å². The van der Waals surface area contributed by atoms with E-state index in [-0.39, 0.29) is 6.04 Å². The number of hydrogen-bond donors (Lipinski definition) is 1. The standard InChI is InChI=1S/C14H25BrN4O/c1-4-6-19-13(11(15)9-16-19)14(20)12-10-17(2)7-5-8-18(12)3/h9,12,14,20H,4-8,10H2,1-3H3. The molecule has 114 valence electrons. The van der Waals surface area contributed by atoms with Gasteiger partial charge in [-0.1, -0.05) is 6.92 Å². The van der Waals surface area contributed by atoms with Crippen LogP contribution in [0.25, 0.3) is 0 Å². The van der Waals surface area contributed by atoms with Crippen molar-refractivity contribution in [2.24, 2.45) is 0 Å². The predicted octanol–water partition coefficient (Wildman–Crippen LogP) is 1.72. The van der Waals surface area contributed by atoms with E-state index >= 15 is 0 Å². The maximum Gasteiger partial charge on any atom is 0.113 e. The lowest BCUT2D eigenvalue weighted by Crippen LogP contribution is -2.42. The summed E-state index contributed by atoms with van der Waals surface area (Å²) in [7, 11) is 4.22. The molecule has 0 aromatic carbocycles. The smallest absolute Gasteiger partial charge is 0.113 e. The average Bonchev–Trinajstić information content (AvgIpc) is 2.67. The highest BCUT2D eigenvalue weighted by atomic mass is 79.9. The molecule has 0 aliphatic carbocycles. The van der Waals surface area contributed by atoms with Gasteiger partial charge < -0.3 is 10.0 Å². The maximum atomic E-state index is 10.9. The minimum atomic E-state index is -0.524. The fourth-order valence-electron chi connectivity index (χ4n) is 2.88. The molecular weight excluding hydrogens is 320 g/mol. The molecule has 0 saturated carbocycles. The number of nitrogens with zero attached hydrogens (tertiary/aromatic N) is 4. The molecule has 20 heavy (non-hydrogen) atoms. The van der Waals surface area contributed by atoms with Crippen LogP contribution in [0.3, 0.4) is 0 Å². The molecule has 1 aromatic heterocycles. The summed E-state index contributed by atoms with van der Waals surface area (Å²) in [5.41, 5.74) is 0.902. The quantitative estimate of drug-likeness (QED) is 0.903. The van der Waals surface area contributed by atoms with Crippen LogP contribution in [0.1, 0.15) is 31.6 Å². The van der Waals surface area contributed by atoms with Gasteiger partial charge in [-0.3, -0.25) is 9.58 Å². The summed E-state index contributed by atoms with van der Waals surface area (Å²) in [6.45, 7) is 5.94. The van der Waals surface area contributed by atoms with E-state index in [1.807, 2.05) is 4.68 Å². The van der Waals surface area contributed by atoms with E-state index in [9.17, 15) is 5.11 Å². The third-order valence-electron chi connectivity index (χ3n) is 4.03. The predicted molar refractivity (Wildman–Crippen MR) is 83.7 cm³/mol. The van der Waals surface area contributed by atoms with Crippen LogP contribution in [-0.2, 0) is 6.54 Å². The molecule has 0 radical (unpaired) electrons. The first-order chi connectivity index (χ1) is 9.54. The number of hydrogen-bond acceptors (Lipinski definition) is 4. The van der Waals surface area contributed by atoms with E-state index in [0.717, 1.165) is 49.2 Å². The fourth-order valence-corrected chi connectivity index (χ4v) is 3.42. The normalized spacial score (nSPS) is 23.8. The van der Waals surface area contributed by atoms with Crippen LogP contribution in [0.15, 0.2) is 10.7 Å². The molecule has 0 spiro atoms. The van der Waals surface area contributed by atoms with Gasteiger partial charge in [-0.25, -0.2) is 0 Å². The molecule has 1 aromatic rings. The lowest BCUT2D eigenvalue weighted by molar-refractivity contribution is 0.0504. The van der Waals surface area contributed by atoms with Crippen molar-refractivity contribution in [2.45, 2.75) is 38.5 Å². The second kappa shape index (κ2) is 7.02. The van der Waals surface area contributed by atoms with Crippen LogP contribution in [-0.4, -0.2) is 64.5 Å². The Bertz CT molecular complexity index is 437. The highest BCUT2D eigenvalue weighted by Crippen LogP contribution is 2.29. The summed E-state index contributed by atoms with van der Waals surface area (Å²) < 4.78 is 2.83. The van der Waals surface area contributed by atoms with E-state index < -0.39 is 6.10 Å². The molecule has 2 unspecified atom stereocenters. The summed E-state index contributed by atoms with van der Waals surface area (Å²) in [4.78, 5) is 4.57. The topological polar surface area (TPSA) is 44.5 Å². The van der Waals surface area contributed by atoms with Gasteiger partial charge in [0.25, 0.3) is 0 Å². The second-order valence-electron chi connectivity index (χ2n) is 5.71. The van der Waals surface area contributed by atoms with Crippen LogP contribution in [0.4, 0.5) is 0 Å². The van der Waals surface area contributed by atoms with Gasteiger partial charge in [-0.15, -0.1) is 0 Å². The Morgan fingerprint density at radius 1 is 1.45 bits per heavy atom. The minimum Gasteiger partial charge on any atom is -0.385 e. The number of aliphatic hydroxyl groups excluding tert-OH is 1. The Balaban J connectivity index is 2.24. The van der Waals surface area contributed by atoms with E-state index in [4.69, 9.17) is 0 Å². The van der Waals surface area contributed by atoms with E-state index in [0.29, 0.717) is 0 Å². The van der Waals surface area contributed by atoms with E-state index in [1.54, 1.807) is 6.20 Å². The molecule has 1 N–H and O–H groups in total. The Morgan fingerprint density at radius 2 is 2.20 bits per heavy atom. The number of rotatable bonds is 4. The van der Waals surface area contributed by atoms with Gasteiger partial charge in [0.1, 0.15) is 6.10 Å². The van der Waals surface area contributed by atoms with Crippen LogP contribution in [0.2, 0.25) is 0 Å². The number of aromatic nitrogens is 2. The molecule has 1 saturated heterocycles. The summed E-state index contributed by atoms with van der Waals surface area (Å²) >= 11 is 3.53. The lowest BCUT2D eigenvalue weighted by Gasteiger charge is -2.32. The van der Waals surface area contributed by atoms with E-state index in [2.05, 4.69) is 51.8 Å². The average molecular weight is 345 g/mol. The molecule has 2 atom stereocenters. The molecule has 0 amide bonds. The summed E-state index contributed by atoms with van der Waals surface area (Å²) in [5, 5.41) is 15.2. The highest BCUT2D eigenvalue weighted by molar-refractivity contribution is 9.10. The van der Waals surface area contributed by atoms with Crippen LogP contribution < -0.4 is 0 Å². The van der Waals surface area contributed by atoms with Crippen LogP contribution >= 0.6 is 15.9 Å². The SMILES string of the molecule is CCCn1ncc(Br)c1C(O)C1CN(C)CCCN1C. The molecule has 2 rings (SSSR count). The van der Waals surface area contributed by atoms with Gasteiger partial charge in [-0.05, 0) is 56.0 Å². The largest absolute Gasteiger partial charge is 0.385 e. The minimum absolute atomic E-state index is 0.103. The van der Waals surface area contributed by atoms with Gasteiger partial charge >= 0.3 is 0 Å². The molecule has 1 fully saturated rings.